The zero-order chi connectivity index (χ0) is 14.4. The van der Waals surface area contributed by atoms with Crippen molar-refractivity contribution < 1.29 is 4.74 Å². The van der Waals surface area contributed by atoms with E-state index in [-0.39, 0.29) is 0 Å². The quantitative estimate of drug-likeness (QED) is 0.772. The maximum Gasteiger partial charge on any atom is 0.123 e. The predicted molar refractivity (Wildman–Crippen MR) is 85.9 cm³/mol. The van der Waals surface area contributed by atoms with E-state index < -0.39 is 0 Å². The summed E-state index contributed by atoms with van der Waals surface area (Å²) >= 11 is 3.63. The van der Waals surface area contributed by atoms with Gasteiger partial charge in [0.1, 0.15) is 5.75 Å². The molecule has 0 aliphatic rings. The Labute approximate surface area is 126 Å². The molecule has 1 N–H and O–H groups in total. The van der Waals surface area contributed by atoms with Crippen LogP contribution in [-0.2, 0) is 0 Å². The number of nitrogens with one attached hydrogen (secondary N) is 1. The summed E-state index contributed by atoms with van der Waals surface area (Å²) in [6.07, 6.45) is 2.29. The maximum atomic E-state index is 5.58. The third-order valence-electron chi connectivity index (χ3n) is 3.67. The van der Waals surface area contributed by atoms with Crippen molar-refractivity contribution >= 4 is 15.9 Å². The second-order valence-electron chi connectivity index (χ2n) is 5.16. The first-order valence-electron chi connectivity index (χ1n) is 7.12. The fourth-order valence-electron chi connectivity index (χ4n) is 2.24. The molecule has 2 unspecified atom stereocenters. The number of benzene rings is 1. The zero-order valence-corrected chi connectivity index (χ0v) is 14.3. The van der Waals surface area contributed by atoms with E-state index in [1.807, 2.05) is 0 Å². The molecule has 1 aromatic carbocycles. The third kappa shape index (κ3) is 4.22. The highest BCUT2D eigenvalue weighted by Crippen LogP contribution is 2.35. The summed E-state index contributed by atoms with van der Waals surface area (Å²) < 4.78 is 6.72. The molecule has 0 saturated carbocycles. The average Bonchev–Trinajstić information content (AvgIpc) is 2.42. The van der Waals surface area contributed by atoms with Crippen LogP contribution in [0.2, 0.25) is 0 Å². The number of halogens is 1. The van der Waals surface area contributed by atoms with Gasteiger partial charge in [-0.3, -0.25) is 0 Å². The number of hydrogen-bond donors (Lipinski definition) is 1. The van der Waals surface area contributed by atoms with Crippen LogP contribution in [0, 0.1) is 12.8 Å². The van der Waals surface area contributed by atoms with Crippen molar-refractivity contribution in [3.8, 4) is 5.75 Å². The Balaban J connectivity index is 3.16. The molecule has 0 heterocycles. The van der Waals surface area contributed by atoms with Crippen LogP contribution < -0.4 is 10.1 Å². The summed E-state index contributed by atoms with van der Waals surface area (Å²) in [5.74, 6) is 1.56. The molecular weight excluding hydrogens is 302 g/mol. The Bertz CT molecular complexity index is 406. The highest BCUT2D eigenvalue weighted by molar-refractivity contribution is 9.10. The number of aryl methyl sites for hydroxylation is 1. The second-order valence-corrected chi connectivity index (χ2v) is 6.02. The number of hydrogen-bond acceptors (Lipinski definition) is 2. The van der Waals surface area contributed by atoms with E-state index >= 15 is 0 Å². The Morgan fingerprint density at radius 2 is 2.00 bits per heavy atom. The van der Waals surface area contributed by atoms with Crippen LogP contribution in [0.5, 0.6) is 5.75 Å². The fourth-order valence-corrected chi connectivity index (χ4v) is 2.60. The first-order valence-corrected chi connectivity index (χ1v) is 7.91. The average molecular weight is 328 g/mol. The van der Waals surface area contributed by atoms with Gasteiger partial charge >= 0.3 is 0 Å². The molecule has 19 heavy (non-hydrogen) atoms. The van der Waals surface area contributed by atoms with Crippen LogP contribution in [0.4, 0.5) is 0 Å². The minimum absolute atomic E-state index is 0.344. The minimum atomic E-state index is 0.344. The van der Waals surface area contributed by atoms with Crippen LogP contribution in [0.15, 0.2) is 16.6 Å². The van der Waals surface area contributed by atoms with E-state index in [9.17, 15) is 0 Å². The lowest BCUT2D eigenvalue weighted by molar-refractivity contribution is 0.351. The molecule has 0 aliphatic heterocycles. The lowest BCUT2D eigenvalue weighted by atomic mass is 9.91. The third-order valence-corrected chi connectivity index (χ3v) is 4.53. The molecule has 0 saturated heterocycles. The van der Waals surface area contributed by atoms with Gasteiger partial charge in [0.2, 0.25) is 0 Å². The standard InChI is InChI=1S/C16H26BrNO/c1-6-8-18-16(11(3)7-2)13-10-14(17)12(4)9-15(13)19-5/h9-11,16,18H,6-8H2,1-5H3. The molecule has 3 heteroatoms. The molecule has 0 amide bonds. The molecule has 0 fully saturated rings. The molecule has 1 aromatic rings. The number of methoxy groups -OCH3 is 1. The van der Waals surface area contributed by atoms with Gasteiger partial charge in [0.05, 0.1) is 7.11 Å². The maximum absolute atomic E-state index is 5.58. The molecule has 2 nitrogen and oxygen atoms in total. The van der Waals surface area contributed by atoms with E-state index in [1.165, 1.54) is 11.1 Å². The molecule has 2 atom stereocenters. The van der Waals surface area contributed by atoms with Gasteiger partial charge in [-0.05, 0) is 43.5 Å². The summed E-state index contributed by atoms with van der Waals surface area (Å²) in [6.45, 7) is 9.85. The molecular formula is C16H26BrNO. The zero-order valence-electron chi connectivity index (χ0n) is 12.7. The van der Waals surface area contributed by atoms with Gasteiger partial charge in [-0.2, -0.15) is 0 Å². The minimum Gasteiger partial charge on any atom is -0.496 e. The Kier molecular flexibility index (Phi) is 6.87. The number of ether oxygens (including phenoxy) is 1. The molecule has 1 rings (SSSR count). The van der Waals surface area contributed by atoms with E-state index in [0.717, 1.165) is 29.6 Å². The smallest absolute Gasteiger partial charge is 0.123 e. The first kappa shape index (κ1) is 16.5. The second kappa shape index (κ2) is 7.91. The van der Waals surface area contributed by atoms with Gasteiger partial charge in [0, 0.05) is 16.1 Å². The number of rotatable bonds is 7. The monoisotopic (exact) mass is 327 g/mol. The van der Waals surface area contributed by atoms with Crippen LogP contribution >= 0.6 is 15.9 Å². The molecule has 0 aliphatic carbocycles. The fraction of sp³-hybridized carbons (Fsp3) is 0.625. The van der Waals surface area contributed by atoms with Gasteiger partial charge in [0.15, 0.2) is 0 Å². The van der Waals surface area contributed by atoms with Crippen LogP contribution in [0.25, 0.3) is 0 Å². The van der Waals surface area contributed by atoms with Crippen LogP contribution in [0.3, 0.4) is 0 Å². The Morgan fingerprint density at radius 3 is 2.53 bits per heavy atom. The lowest BCUT2D eigenvalue weighted by Gasteiger charge is -2.27. The molecule has 0 aromatic heterocycles. The topological polar surface area (TPSA) is 21.3 Å². The normalized spacial score (nSPS) is 14.2. The molecule has 0 bridgehead atoms. The van der Waals surface area contributed by atoms with Crippen molar-refractivity contribution in [1.29, 1.82) is 0 Å². The summed E-state index contributed by atoms with van der Waals surface area (Å²) in [7, 11) is 1.75. The van der Waals surface area contributed by atoms with E-state index in [2.05, 4.69) is 61.1 Å². The van der Waals surface area contributed by atoms with E-state index in [4.69, 9.17) is 4.74 Å². The van der Waals surface area contributed by atoms with Gasteiger partial charge in [-0.15, -0.1) is 0 Å². The van der Waals surface area contributed by atoms with Gasteiger partial charge in [-0.1, -0.05) is 43.1 Å². The highest BCUT2D eigenvalue weighted by Gasteiger charge is 2.21. The molecule has 0 radical (unpaired) electrons. The highest BCUT2D eigenvalue weighted by atomic mass is 79.9. The lowest BCUT2D eigenvalue weighted by Crippen LogP contribution is -2.28. The van der Waals surface area contributed by atoms with Crippen LogP contribution in [0.1, 0.15) is 50.8 Å². The van der Waals surface area contributed by atoms with E-state index in [1.54, 1.807) is 7.11 Å². The van der Waals surface area contributed by atoms with Crippen LogP contribution in [-0.4, -0.2) is 13.7 Å². The van der Waals surface area contributed by atoms with Gasteiger partial charge in [-0.25, -0.2) is 0 Å². The first-order chi connectivity index (χ1) is 9.04. The Morgan fingerprint density at radius 1 is 1.32 bits per heavy atom. The summed E-state index contributed by atoms with van der Waals surface area (Å²) in [5.41, 5.74) is 2.46. The summed E-state index contributed by atoms with van der Waals surface area (Å²) in [6, 6.07) is 4.66. The Hall–Kier alpha value is -0.540. The largest absolute Gasteiger partial charge is 0.496 e. The SMILES string of the molecule is CCCNC(c1cc(Br)c(C)cc1OC)C(C)CC. The van der Waals surface area contributed by atoms with Crippen molar-refractivity contribution in [3.63, 3.8) is 0 Å². The summed E-state index contributed by atoms with van der Waals surface area (Å²) in [5, 5.41) is 3.66. The van der Waals surface area contributed by atoms with Gasteiger partial charge < -0.3 is 10.1 Å². The molecule has 0 spiro atoms. The van der Waals surface area contributed by atoms with Crippen molar-refractivity contribution in [3.05, 3.63) is 27.7 Å². The van der Waals surface area contributed by atoms with Crippen molar-refractivity contribution in [2.75, 3.05) is 13.7 Å². The van der Waals surface area contributed by atoms with Gasteiger partial charge in [0.25, 0.3) is 0 Å². The van der Waals surface area contributed by atoms with Crippen molar-refractivity contribution in [2.24, 2.45) is 5.92 Å². The van der Waals surface area contributed by atoms with E-state index in [0.29, 0.717) is 12.0 Å². The summed E-state index contributed by atoms with van der Waals surface area (Å²) in [4.78, 5) is 0. The van der Waals surface area contributed by atoms with Crippen molar-refractivity contribution in [2.45, 2.75) is 46.6 Å². The predicted octanol–water partition coefficient (Wildman–Crippen LogP) is 4.85. The molecule has 108 valence electrons. The van der Waals surface area contributed by atoms with Crippen molar-refractivity contribution in [1.82, 2.24) is 5.32 Å².